The van der Waals surface area contributed by atoms with Crippen LogP contribution in [0.15, 0.2) is 0 Å². The topological polar surface area (TPSA) is 130 Å². The number of rotatable bonds is 3. The van der Waals surface area contributed by atoms with Crippen LogP contribution in [-0.4, -0.2) is 45.2 Å². The Morgan fingerprint density at radius 3 is 2.24 bits per heavy atom. The quantitative estimate of drug-likeness (QED) is 0.681. The molecule has 0 heterocycles. The Labute approximate surface area is 120 Å². The van der Waals surface area contributed by atoms with E-state index in [9.17, 15) is 24.3 Å². The number of hydrogen-bond donors (Lipinski definition) is 3. The Morgan fingerprint density at radius 2 is 1.86 bits per heavy atom. The highest BCUT2D eigenvalue weighted by Gasteiger charge is 2.76. The van der Waals surface area contributed by atoms with Gasteiger partial charge in [-0.25, -0.2) is 9.59 Å². The van der Waals surface area contributed by atoms with Gasteiger partial charge >= 0.3 is 18.0 Å². The molecule has 2 rings (SSSR count). The van der Waals surface area contributed by atoms with Crippen LogP contribution in [0.1, 0.15) is 27.2 Å². The zero-order valence-electron chi connectivity index (χ0n) is 11.9. The Hall–Kier alpha value is -2.12. The molecule has 2 saturated carbocycles. The summed E-state index contributed by atoms with van der Waals surface area (Å²) in [5.74, 6) is -5.92. The van der Waals surface area contributed by atoms with Crippen LogP contribution in [0.5, 0.6) is 0 Å². The third-order valence-corrected chi connectivity index (χ3v) is 3.80. The van der Waals surface area contributed by atoms with Gasteiger partial charge in [0.1, 0.15) is 11.4 Å². The van der Waals surface area contributed by atoms with Crippen LogP contribution >= 0.6 is 0 Å². The van der Waals surface area contributed by atoms with Gasteiger partial charge in [-0.3, -0.25) is 9.59 Å². The van der Waals surface area contributed by atoms with Crippen molar-refractivity contribution in [2.45, 2.75) is 38.3 Å². The summed E-state index contributed by atoms with van der Waals surface area (Å²) in [5.41, 5.74) is -2.73. The summed E-state index contributed by atoms with van der Waals surface area (Å²) in [4.78, 5) is 46.2. The Morgan fingerprint density at radius 1 is 1.29 bits per heavy atom. The molecule has 0 unspecified atom stereocenters. The van der Waals surface area contributed by atoms with Crippen molar-refractivity contribution in [3.05, 3.63) is 0 Å². The lowest BCUT2D eigenvalue weighted by Crippen LogP contribution is -2.57. The van der Waals surface area contributed by atoms with Gasteiger partial charge in [-0.2, -0.15) is 0 Å². The second-order valence-electron chi connectivity index (χ2n) is 6.46. The molecule has 0 aromatic rings. The lowest BCUT2D eigenvalue weighted by atomic mass is 9.90. The molecule has 1 amide bonds. The highest BCUT2D eigenvalue weighted by Crippen LogP contribution is 2.60. The normalized spacial score (nSPS) is 34.0. The van der Waals surface area contributed by atoms with E-state index in [0.717, 1.165) is 0 Å². The lowest BCUT2D eigenvalue weighted by molar-refractivity contribution is -0.148. The molecule has 8 nitrogen and oxygen atoms in total. The molecule has 0 aromatic heterocycles. The van der Waals surface area contributed by atoms with Crippen molar-refractivity contribution in [2.75, 3.05) is 0 Å². The average Bonchev–Trinajstić information content (AvgIpc) is 2.94. The minimum atomic E-state index is -1.90. The van der Waals surface area contributed by atoms with Crippen LogP contribution in [0.3, 0.4) is 0 Å². The molecule has 0 radical (unpaired) electrons. The fraction of sp³-hybridized carbons (Fsp3) is 0.692. The SMILES string of the molecule is CC(C)(C)OC(=O)N[C@@]1(C(=O)O)CC(=O)[C@H]2[C@H](C(=O)O)[C@H]21. The van der Waals surface area contributed by atoms with E-state index in [1.165, 1.54) is 0 Å². The van der Waals surface area contributed by atoms with Crippen molar-refractivity contribution in [1.82, 2.24) is 5.32 Å². The molecule has 0 spiro atoms. The van der Waals surface area contributed by atoms with E-state index in [4.69, 9.17) is 9.84 Å². The number of ether oxygens (including phenoxy) is 1. The van der Waals surface area contributed by atoms with E-state index in [2.05, 4.69) is 5.32 Å². The van der Waals surface area contributed by atoms with Gasteiger partial charge in [-0.15, -0.1) is 0 Å². The summed E-state index contributed by atoms with van der Waals surface area (Å²) < 4.78 is 5.00. The zero-order valence-corrected chi connectivity index (χ0v) is 11.9. The highest BCUT2D eigenvalue weighted by atomic mass is 16.6. The number of alkyl carbamates (subject to hydrolysis) is 1. The van der Waals surface area contributed by atoms with Crippen LogP contribution in [0.4, 0.5) is 4.79 Å². The fourth-order valence-corrected chi connectivity index (χ4v) is 3.03. The Bertz CT molecular complexity index is 531. The Balaban J connectivity index is 2.23. The maximum absolute atomic E-state index is 11.8. The molecule has 3 N–H and O–H groups in total. The van der Waals surface area contributed by atoms with Crippen molar-refractivity contribution in [2.24, 2.45) is 17.8 Å². The molecule has 0 saturated heterocycles. The summed E-state index contributed by atoms with van der Waals surface area (Å²) in [6, 6.07) is 0. The maximum Gasteiger partial charge on any atom is 0.408 e. The van der Waals surface area contributed by atoms with Crippen molar-refractivity contribution < 1.29 is 34.1 Å². The summed E-state index contributed by atoms with van der Waals surface area (Å²) >= 11 is 0. The highest BCUT2D eigenvalue weighted by molar-refractivity contribution is 6.04. The molecule has 0 bridgehead atoms. The number of fused-ring (bicyclic) bond motifs is 1. The zero-order chi connectivity index (χ0) is 16.2. The second kappa shape index (κ2) is 4.44. The van der Waals surface area contributed by atoms with Crippen molar-refractivity contribution in [3.63, 3.8) is 0 Å². The monoisotopic (exact) mass is 299 g/mol. The molecule has 8 heteroatoms. The minimum absolute atomic E-state index is 0.416. The summed E-state index contributed by atoms with van der Waals surface area (Å²) in [6.45, 7) is 4.83. The minimum Gasteiger partial charge on any atom is -0.481 e. The van der Waals surface area contributed by atoms with E-state index in [0.29, 0.717) is 0 Å². The predicted molar refractivity (Wildman–Crippen MR) is 67.5 cm³/mol. The molecule has 21 heavy (non-hydrogen) atoms. The van der Waals surface area contributed by atoms with E-state index in [1.54, 1.807) is 20.8 Å². The van der Waals surface area contributed by atoms with Crippen LogP contribution < -0.4 is 5.32 Å². The fourth-order valence-electron chi connectivity index (χ4n) is 3.03. The second-order valence-corrected chi connectivity index (χ2v) is 6.46. The first-order valence-electron chi connectivity index (χ1n) is 6.50. The van der Waals surface area contributed by atoms with Crippen molar-refractivity contribution >= 4 is 23.8 Å². The molecule has 0 aliphatic heterocycles. The molecule has 2 aliphatic rings. The largest absolute Gasteiger partial charge is 0.481 e. The van der Waals surface area contributed by atoms with Gasteiger partial charge in [0.15, 0.2) is 5.54 Å². The van der Waals surface area contributed by atoms with Crippen molar-refractivity contribution in [1.29, 1.82) is 0 Å². The Kier molecular flexibility index (Phi) is 3.23. The van der Waals surface area contributed by atoms with Gasteiger partial charge in [0.2, 0.25) is 0 Å². The van der Waals surface area contributed by atoms with Gasteiger partial charge in [0, 0.05) is 18.3 Å². The number of carbonyl (C=O) groups excluding carboxylic acids is 2. The first kappa shape index (κ1) is 15.3. The first-order chi connectivity index (χ1) is 9.49. The first-order valence-corrected chi connectivity index (χ1v) is 6.50. The van der Waals surface area contributed by atoms with Crippen LogP contribution in [0.25, 0.3) is 0 Å². The van der Waals surface area contributed by atoms with Gasteiger partial charge in [0.25, 0.3) is 0 Å². The number of ketones is 1. The number of amides is 1. The maximum atomic E-state index is 11.8. The van der Waals surface area contributed by atoms with E-state index < -0.39 is 59.1 Å². The number of aliphatic carboxylic acids is 2. The smallest absolute Gasteiger partial charge is 0.408 e. The third-order valence-electron chi connectivity index (χ3n) is 3.80. The van der Waals surface area contributed by atoms with Crippen LogP contribution in [0, 0.1) is 17.8 Å². The molecular weight excluding hydrogens is 282 g/mol. The third kappa shape index (κ3) is 2.45. The number of nitrogens with one attached hydrogen (secondary N) is 1. The predicted octanol–water partition coefficient (Wildman–Crippen LogP) is 0.254. The number of carboxylic acids is 2. The summed E-state index contributed by atoms with van der Waals surface area (Å²) in [7, 11) is 0. The molecular formula is C13H17NO7. The standard InChI is InChI=1S/C13H17NO7/c1-12(2,3)21-11(20)14-13(10(18)19)4-5(15)6-7(8(6)13)9(16)17/h6-8H,4H2,1-3H3,(H,14,20)(H,16,17)(H,18,19)/t6-,7-,8-,13-/m0/s1. The molecule has 116 valence electrons. The summed E-state index contributed by atoms with van der Waals surface area (Å²) in [5, 5.41) is 20.6. The van der Waals surface area contributed by atoms with Crippen LogP contribution in [0.2, 0.25) is 0 Å². The van der Waals surface area contributed by atoms with Gasteiger partial charge in [-0.1, -0.05) is 0 Å². The number of carboxylic acid groups (broad SMARTS) is 2. The number of hydrogen-bond acceptors (Lipinski definition) is 5. The van der Waals surface area contributed by atoms with Crippen molar-refractivity contribution in [3.8, 4) is 0 Å². The molecule has 2 fully saturated rings. The molecule has 0 aromatic carbocycles. The number of carbonyl (C=O) groups is 4. The average molecular weight is 299 g/mol. The van der Waals surface area contributed by atoms with Gasteiger partial charge < -0.3 is 20.3 Å². The summed E-state index contributed by atoms with van der Waals surface area (Å²) in [6.07, 6.45) is -1.39. The van der Waals surface area contributed by atoms with Gasteiger partial charge in [0.05, 0.1) is 5.92 Å². The molecule has 2 aliphatic carbocycles. The van der Waals surface area contributed by atoms with E-state index in [1.807, 2.05) is 0 Å². The van der Waals surface area contributed by atoms with E-state index in [-0.39, 0.29) is 0 Å². The van der Waals surface area contributed by atoms with E-state index >= 15 is 0 Å². The van der Waals surface area contributed by atoms with Crippen LogP contribution in [-0.2, 0) is 19.1 Å². The lowest BCUT2D eigenvalue weighted by Gasteiger charge is -2.29. The molecule has 4 atom stereocenters. The number of Topliss-reactive ketones (excluding diaryl/α,β-unsaturated/α-hetero) is 1. The van der Waals surface area contributed by atoms with Gasteiger partial charge in [-0.05, 0) is 20.8 Å².